The van der Waals surface area contributed by atoms with Gasteiger partial charge in [-0.1, -0.05) is 20.8 Å². The zero-order chi connectivity index (χ0) is 25.5. The third-order valence-electron chi connectivity index (χ3n) is 6.46. The first-order chi connectivity index (χ1) is 15.9. The standard InChI is InChI=1S/C24H42N2O6S2/c1-8-18-16-32-21(15-20(18)23(2,3)17-31-14-13-30-6)25-22(27)24(4,5)34(29)19-9-11-26(12-10-19)33(7)28/h15,19H,8-14,16-17H2,1-7H3,(H,25,27). The number of ether oxygens (including phenoxy) is 3. The molecule has 0 bridgehead atoms. The van der Waals surface area contributed by atoms with Crippen molar-refractivity contribution < 1.29 is 27.4 Å². The number of amides is 1. The number of hydrogen-bond acceptors (Lipinski definition) is 6. The van der Waals surface area contributed by atoms with Crippen molar-refractivity contribution in [1.29, 1.82) is 0 Å². The van der Waals surface area contributed by atoms with Gasteiger partial charge in [-0.05, 0) is 44.3 Å². The Morgan fingerprint density at radius 3 is 2.41 bits per heavy atom. The highest BCUT2D eigenvalue weighted by molar-refractivity contribution is 7.88. The molecular formula is C24H42N2O6S2. The molecule has 0 aromatic heterocycles. The van der Waals surface area contributed by atoms with Gasteiger partial charge in [0.05, 0.1) is 30.8 Å². The molecule has 0 aliphatic carbocycles. The van der Waals surface area contributed by atoms with Crippen LogP contribution in [-0.4, -0.2) is 81.5 Å². The van der Waals surface area contributed by atoms with Gasteiger partial charge in [-0.25, -0.2) is 8.51 Å². The smallest absolute Gasteiger partial charge is 0.244 e. The maximum atomic E-state index is 13.3. The average Bonchev–Trinajstić information content (AvgIpc) is 2.81. The van der Waals surface area contributed by atoms with Gasteiger partial charge in [-0.3, -0.25) is 14.3 Å². The molecule has 1 fully saturated rings. The fourth-order valence-electron chi connectivity index (χ4n) is 4.18. The van der Waals surface area contributed by atoms with Crippen molar-refractivity contribution in [2.24, 2.45) is 5.41 Å². The molecule has 1 saturated heterocycles. The Morgan fingerprint density at radius 1 is 1.21 bits per heavy atom. The number of nitrogens with zero attached hydrogens (tertiary/aromatic N) is 1. The maximum absolute atomic E-state index is 13.3. The van der Waals surface area contributed by atoms with Crippen molar-refractivity contribution in [3.05, 3.63) is 23.1 Å². The summed E-state index contributed by atoms with van der Waals surface area (Å²) >= 11 is 0. The Hall–Kier alpha value is -1.07. The van der Waals surface area contributed by atoms with Crippen LogP contribution >= 0.6 is 0 Å². The van der Waals surface area contributed by atoms with E-state index in [1.54, 1.807) is 27.2 Å². The molecule has 0 spiro atoms. The average molecular weight is 519 g/mol. The highest BCUT2D eigenvalue weighted by atomic mass is 32.2. The number of carbonyl (C=O) groups is 1. The quantitative estimate of drug-likeness (QED) is 0.399. The molecular weight excluding hydrogens is 476 g/mol. The molecule has 10 heteroatoms. The number of rotatable bonds is 12. The van der Waals surface area contributed by atoms with E-state index >= 15 is 0 Å². The second kappa shape index (κ2) is 12.8. The SMILES string of the molecule is CCC1=C(C(C)(C)COCCOC)C=C(NC(=O)C(C)(C)S(=O)C2CCN(S(C)=O)CC2)OC1. The zero-order valence-corrected chi connectivity index (χ0v) is 23.4. The van der Waals surface area contributed by atoms with Gasteiger partial charge in [0.15, 0.2) is 5.88 Å². The van der Waals surface area contributed by atoms with E-state index in [4.69, 9.17) is 14.2 Å². The minimum absolute atomic E-state index is 0.105. The number of carbonyl (C=O) groups excluding carboxylic acids is 1. The van der Waals surface area contributed by atoms with Gasteiger partial charge in [0, 0.05) is 54.0 Å². The first kappa shape index (κ1) is 29.2. The van der Waals surface area contributed by atoms with E-state index in [1.807, 2.05) is 10.4 Å². The topological polar surface area (TPSA) is 94.2 Å². The first-order valence-electron chi connectivity index (χ1n) is 11.9. The molecule has 0 saturated carbocycles. The van der Waals surface area contributed by atoms with Crippen molar-refractivity contribution >= 4 is 27.7 Å². The normalized spacial score (nSPS) is 20.5. The van der Waals surface area contributed by atoms with Crippen LogP contribution in [0.3, 0.4) is 0 Å². The van der Waals surface area contributed by atoms with E-state index in [2.05, 4.69) is 26.1 Å². The van der Waals surface area contributed by atoms with Crippen LogP contribution in [0, 0.1) is 5.41 Å². The van der Waals surface area contributed by atoms with Crippen LogP contribution < -0.4 is 5.32 Å². The fraction of sp³-hybridized carbons (Fsp3) is 0.792. The predicted molar refractivity (Wildman–Crippen MR) is 137 cm³/mol. The molecule has 2 heterocycles. The monoisotopic (exact) mass is 518 g/mol. The Kier molecular flexibility index (Phi) is 10.9. The molecule has 2 rings (SSSR count). The van der Waals surface area contributed by atoms with Crippen LogP contribution in [-0.2, 0) is 40.8 Å². The Morgan fingerprint density at radius 2 is 1.85 bits per heavy atom. The summed E-state index contributed by atoms with van der Waals surface area (Å²) in [5, 5.41) is 2.78. The van der Waals surface area contributed by atoms with Crippen molar-refractivity contribution in [2.75, 3.05) is 52.9 Å². The molecule has 2 aliphatic rings. The Balaban J connectivity index is 2.09. The van der Waals surface area contributed by atoms with Crippen molar-refractivity contribution in [2.45, 2.75) is 63.9 Å². The number of piperidine rings is 1. The molecule has 1 amide bonds. The number of methoxy groups -OCH3 is 1. The molecule has 0 radical (unpaired) electrons. The summed E-state index contributed by atoms with van der Waals surface area (Å²) < 4.78 is 42.5. The van der Waals surface area contributed by atoms with Crippen molar-refractivity contribution in [3.63, 3.8) is 0 Å². The number of hydrogen-bond donors (Lipinski definition) is 1. The number of allylic oxidation sites excluding steroid dienone is 1. The van der Waals surface area contributed by atoms with E-state index in [0.717, 1.165) is 12.0 Å². The molecule has 8 nitrogen and oxygen atoms in total. The molecule has 2 aliphatic heterocycles. The lowest BCUT2D eigenvalue weighted by Crippen LogP contribution is -2.50. The van der Waals surface area contributed by atoms with Gasteiger partial charge >= 0.3 is 0 Å². The third-order valence-corrected chi connectivity index (χ3v) is 9.82. The fourth-order valence-corrected chi connectivity index (χ4v) is 6.61. The van der Waals surface area contributed by atoms with Gasteiger partial charge < -0.3 is 14.2 Å². The van der Waals surface area contributed by atoms with Gasteiger partial charge in [0.1, 0.15) is 11.4 Å². The molecule has 2 unspecified atom stereocenters. The van der Waals surface area contributed by atoms with E-state index in [9.17, 15) is 13.2 Å². The lowest BCUT2D eigenvalue weighted by molar-refractivity contribution is -0.123. The van der Waals surface area contributed by atoms with Crippen LogP contribution in [0.2, 0.25) is 0 Å². The molecule has 0 aromatic carbocycles. The van der Waals surface area contributed by atoms with Crippen molar-refractivity contribution in [1.82, 2.24) is 9.62 Å². The maximum Gasteiger partial charge on any atom is 0.244 e. The summed E-state index contributed by atoms with van der Waals surface area (Å²) in [5.41, 5.74) is 1.99. The summed E-state index contributed by atoms with van der Waals surface area (Å²) in [7, 11) is -0.760. The highest BCUT2D eigenvalue weighted by Gasteiger charge is 2.41. The summed E-state index contributed by atoms with van der Waals surface area (Å²) in [6.07, 6.45) is 5.70. The van der Waals surface area contributed by atoms with Crippen LogP contribution in [0.25, 0.3) is 0 Å². The summed E-state index contributed by atoms with van der Waals surface area (Å²) in [6.45, 7) is 13.0. The summed E-state index contributed by atoms with van der Waals surface area (Å²) in [4.78, 5) is 13.2. The minimum Gasteiger partial charge on any atom is -0.474 e. The van der Waals surface area contributed by atoms with Gasteiger partial charge in [0.2, 0.25) is 5.91 Å². The molecule has 2 atom stereocenters. The van der Waals surface area contributed by atoms with E-state index in [1.165, 1.54) is 5.57 Å². The number of nitrogens with one attached hydrogen (secondary N) is 1. The van der Waals surface area contributed by atoms with E-state index in [-0.39, 0.29) is 16.6 Å². The van der Waals surface area contributed by atoms with Crippen LogP contribution in [0.15, 0.2) is 23.1 Å². The van der Waals surface area contributed by atoms with E-state index < -0.39 is 26.5 Å². The Labute approximate surface area is 209 Å². The first-order valence-corrected chi connectivity index (χ1v) is 14.6. The van der Waals surface area contributed by atoms with E-state index in [0.29, 0.717) is 58.2 Å². The summed E-state index contributed by atoms with van der Waals surface area (Å²) in [6, 6.07) is 0. The molecule has 0 aromatic rings. The molecule has 34 heavy (non-hydrogen) atoms. The minimum atomic E-state index is -1.38. The lowest BCUT2D eigenvalue weighted by atomic mass is 9.80. The molecule has 196 valence electrons. The predicted octanol–water partition coefficient (Wildman–Crippen LogP) is 2.66. The second-order valence-corrected chi connectivity index (χ2v) is 13.6. The van der Waals surface area contributed by atoms with Gasteiger partial charge in [-0.15, -0.1) is 0 Å². The lowest BCUT2D eigenvalue weighted by Gasteiger charge is -2.35. The van der Waals surface area contributed by atoms with Gasteiger partial charge in [0.25, 0.3) is 0 Å². The van der Waals surface area contributed by atoms with Crippen LogP contribution in [0.5, 0.6) is 0 Å². The third kappa shape index (κ3) is 7.46. The second-order valence-electron chi connectivity index (χ2n) is 9.91. The largest absolute Gasteiger partial charge is 0.474 e. The molecule has 1 N–H and O–H groups in total. The van der Waals surface area contributed by atoms with Crippen molar-refractivity contribution in [3.8, 4) is 0 Å². The highest BCUT2D eigenvalue weighted by Crippen LogP contribution is 2.35. The van der Waals surface area contributed by atoms with Gasteiger partial charge in [-0.2, -0.15) is 0 Å². The van der Waals surface area contributed by atoms with Crippen LogP contribution in [0.4, 0.5) is 0 Å². The zero-order valence-electron chi connectivity index (χ0n) is 21.7. The van der Waals surface area contributed by atoms with Crippen LogP contribution in [0.1, 0.15) is 53.9 Å². The Bertz CT molecular complexity index is 829. The summed E-state index contributed by atoms with van der Waals surface area (Å²) in [5.74, 6) is 0.0514.